The summed E-state index contributed by atoms with van der Waals surface area (Å²) in [5.74, 6) is 2.76. The fraction of sp³-hybridized carbons (Fsp3) is 0.130. The molecule has 31 heavy (non-hydrogen) atoms. The molecule has 1 unspecified atom stereocenters. The van der Waals surface area contributed by atoms with Gasteiger partial charge in [0.2, 0.25) is 0 Å². The third kappa shape index (κ3) is 3.32. The Labute approximate surface area is 187 Å². The second-order valence-electron chi connectivity index (χ2n) is 7.25. The van der Waals surface area contributed by atoms with Crippen molar-refractivity contribution in [1.29, 1.82) is 0 Å². The number of imidazole rings is 1. The molecule has 6 nitrogen and oxygen atoms in total. The Hall–Kier alpha value is -3.10. The van der Waals surface area contributed by atoms with Crippen LogP contribution in [-0.4, -0.2) is 40.8 Å². The maximum absolute atomic E-state index is 4.94. The molecule has 0 N–H and O–H groups in total. The number of aromatic nitrogens is 6. The fourth-order valence-corrected chi connectivity index (χ4v) is 6.20. The molecule has 5 aromatic rings. The van der Waals surface area contributed by atoms with Crippen LogP contribution in [0.25, 0.3) is 28.1 Å². The van der Waals surface area contributed by atoms with Gasteiger partial charge in [0.25, 0.3) is 0 Å². The van der Waals surface area contributed by atoms with Crippen LogP contribution in [0.3, 0.4) is 0 Å². The number of thioether (sulfide) groups is 2. The van der Waals surface area contributed by atoms with Gasteiger partial charge in [-0.15, -0.1) is 10.2 Å². The molecule has 0 bridgehead atoms. The van der Waals surface area contributed by atoms with Gasteiger partial charge in [-0.1, -0.05) is 53.9 Å². The molecule has 0 saturated heterocycles. The van der Waals surface area contributed by atoms with Crippen LogP contribution >= 0.6 is 23.5 Å². The number of benzene rings is 2. The summed E-state index contributed by atoms with van der Waals surface area (Å²) in [6.07, 6.45) is 3.63. The lowest BCUT2D eigenvalue weighted by molar-refractivity contribution is 0.596. The molecule has 0 aliphatic carbocycles. The quantitative estimate of drug-likeness (QED) is 0.352. The number of pyridine rings is 1. The van der Waals surface area contributed by atoms with E-state index >= 15 is 0 Å². The van der Waals surface area contributed by atoms with Crippen molar-refractivity contribution in [3.8, 4) is 17.1 Å². The highest BCUT2D eigenvalue weighted by Crippen LogP contribution is 2.39. The second-order valence-corrected chi connectivity index (χ2v) is 9.22. The van der Waals surface area contributed by atoms with Gasteiger partial charge in [0, 0.05) is 35.2 Å². The Bertz CT molecular complexity index is 1350. The summed E-state index contributed by atoms with van der Waals surface area (Å²) < 4.78 is 4.50. The van der Waals surface area contributed by atoms with Crippen LogP contribution in [0.15, 0.2) is 89.4 Å². The van der Waals surface area contributed by atoms with E-state index in [2.05, 4.69) is 66.8 Å². The van der Waals surface area contributed by atoms with Crippen molar-refractivity contribution in [2.45, 2.75) is 16.4 Å². The van der Waals surface area contributed by atoms with Gasteiger partial charge >= 0.3 is 0 Å². The zero-order valence-electron chi connectivity index (χ0n) is 16.5. The van der Waals surface area contributed by atoms with Crippen molar-refractivity contribution < 1.29 is 0 Å². The number of hydrogen-bond acceptors (Lipinski definition) is 6. The lowest BCUT2D eigenvalue weighted by atomic mass is 10.2. The molecule has 152 valence electrons. The van der Waals surface area contributed by atoms with Crippen LogP contribution in [0, 0.1) is 0 Å². The molecule has 0 saturated carbocycles. The third-order valence-electron chi connectivity index (χ3n) is 5.30. The van der Waals surface area contributed by atoms with E-state index in [1.54, 1.807) is 29.7 Å². The summed E-state index contributed by atoms with van der Waals surface area (Å²) >= 11 is 3.54. The van der Waals surface area contributed by atoms with Crippen LogP contribution in [-0.2, 0) is 0 Å². The van der Waals surface area contributed by atoms with Crippen molar-refractivity contribution in [3.63, 3.8) is 0 Å². The van der Waals surface area contributed by atoms with Crippen LogP contribution in [0.5, 0.6) is 0 Å². The van der Waals surface area contributed by atoms with Crippen molar-refractivity contribution in [3.05, 3.63) is 79.1 Å². The summed E-state index contributed by atoms with van der Waals surface area (Å²) in [5.41, 5.74) is 4.25. The topological polar surface area (TPSA) is 61.4 Å². The van der Waals surface area contributed by atoms with Crippen molar-refractivity contribution in [1.82, 2.24) is 29.3 Å². The van der Waals surface area contributed by atoms with Gasteiger partial charge in [-0.25, -0.2) is 4.98 Å². The van der Waals surface area contributed by atoms with Gasteiger partial charge in [0.15, 0.2) is 16.1 Å². The second kappa shape index (κ2) is 7.86. The fourth-order valence-electron chi connectivity index (χ4n) is 3.86. The maximum Gasteiger partial charge on any atom is 0.191 e. The molecule has 4 heterocycles. The van der Waals surface area contributed by atoms with Crippen LogP contribution in [0.1, 0.15) is 6.04 Å². The first-order valence-corrected chi connectivity index (χ1v) is 12.0. The summed E-state index contributed by atoms with van der Waals surface area (Å²) in [4.78, 5) is 9.19. The van der Waals surface area contributed by atoms with E-state index in [-0.39, 0.29) is 0 Å². The van der Waals surface area contributed by atoms with E-state index < -0.39 is 0 Å². The number of para-hydroxylation sites is 3. The van der Waals surface area contributed by atoms with Crippen molar-refractivity contribution in [2.24, 2.45) is 0 Å². The number of hydrogen-bond donors (Lipinski definition) is 0. The zero-order chi connectivity index (χ0) is 20.6. The number of fused-ring (bicyclic) bond motifs is 2. The standard InChI is InChI=1S/C23H18N6S2/c1-2-8-17(9-3-1)28-20-11-5-4-10-19(20)25-22(28)30-14-18-15-31-23-27-26-21(29(18)23)16-7-6-12-24-13-16/h1-13,18H,14-15H2. The third-order valence-corrected chi connectivity index (χ3v) is 7.47. The minimum Gasteiger partial charge on any atom is -0.297 e. The van der Waals surface area contributed by atoms with Gasteiger partial charge in [0.05, 0.1) is 17.1 Å². The van der Waals surface area contributed by atoms with E-state index in [0.717, 1.165) is 49.9 Å². The van der Waals surface area contributed by atoms with Crippen LogP contribution < -0.4 is 0 Å². The van der Waals surface area contributed by atoms with E-state index in [1.807, 2.05) is 30.5 Å². The summed E-state index contributed by atoms with van der Waals surface area (Å²) in [6.45, 7) is 0. The molecule has 6 rings (SSSR count). The number of rotatable bonds is 5. The molecule has 1 aliphatic heterocycles. The molecular weight excluding hydrogens is 424 g/mol. The van der Waals surface area contributed by atoms with Gasteiger partial charge in [0.1, 0.15) is 0 Å². The van der Waals surface area contributed by atoms with E-state index in [0.29, 0.717) is 6.04 Å². The highest BCUT2D eigenvalue weighted by molar-refractivity contribution is 8.00. The summed E-state index contributed by atoms with van der Waals surface area (Å²) in [5, 5.41) is 10.8. The molecule has 8 heteroatoms. The Morgan fingerprint density at radius 1 is 0.968 bits per heavy atom. The molecule has 3 aromatic heterocycles. The average Bonchev–Trinajstić information content (AvgIpc) is 3.52. The average molecular weight is 443 g/mol. The normalized spacial score (nSPS) is 15.4. The largest absolute Gasteiger partial charge is 0.297 e. The first-order chi connectivity index (χ1) is 15.4. The molecule has 0 radical (unpaired) electrons. The minimum absolute atomic E-state index is 0.291. The number of nitrogens with zero attached hydrogens (tertiary/aromatic N) is 6. The van der Waals surface area contributed by atoms with Crippen LogP contribution in [0.4, 0.5) is 0 Å². The van der Waals surface area contributed by atoms with Crippen LogP contribution in [0.2, 0.25) is 0 Å². The summed E-state index contributed by atoms with van der Waals surface area (Å²) in [6, 6.07) is 23.0. The monoisotopic (exact) mass is 442 g/mol. The molecular formula is C23H18N6S2. The minimum atomic E-state index is 0.291. The van der Waals surface area contributed by atoms with Crippen molar-refractivity contribution in [2.75, 3.05) is 11.5 Å². The molecule has 2 aromatic carbocycles. The molecule has 0 fully saturated rings. The smallest absolute Gasteiger partial charge is 0.191 e. The molecule has 0 spiro atoms. The van der Waals surface area contributed by atoms with E-state index in [9.17, 15) is 0 Å². The Morgan fingerprint density at radius 3 is 2.71 bits per heavy atom. The first-order valence-electron chi connectivity index (χ1n) is 10.0. The summed E-state index contributed by atoms with van der Waals surface area (Å²) in [7, 11) is 0. The zero-order valence-corrected chi connectivity index (χ0v) is 18.1. The predicted octanol–water partition coefficient (Wildman–Crippen LogP) is 5.12. The Balaban J connectivity index is 1.34. The molecule has 1 atom stereocenters. The van der Waals surface area contributed by atoms with Gasteiger partial charge in [-0.2, -0.15) is 0 Å². The molecule has 0 amide bonds. The predicted molar refractivity (Wildman–Crippen MR) is 125 cm³/mol. The first kappa shape index (κ1) is 18.7. The molecule has 1 aliphatic rings. The lowest BCUT2D eigenvalue weighted by Gasteiger charge is -2.15. The lowest BCUT2D eigenvalue weighted by Crippen LogP contribution is -2.11. The van der Waals surface area contributed by atoms with E-state index in [1.165, 1.54) is 0 Å². The highest BCUT2D eigenvalue weighted by atomic mass is 32.2. The van der Waals surface area contributed by atoms with Gasteiger partial charge < -0.3 is 0 Å². The van der Waals surface area contributed by atoms with Gasteiger partial charge in [-0.05, 0) is 36.4 Å². The maximum atomic E-state index is 4.94. The Morgan fingerprint density at radius 2 is 1.84 bits per heavy atom. The van der Waals surface area contributed by atoms with Gasteiger partial charge in [-0.3, -0.25) is 14.1 Å². The van der Waals surface area contributed by atoms with E-state index in [4.69, 9.17) is 4.98 Å². The van der Waals surface area contributed by atoms with Crippen molar-refractivity contribution >= 4 is 34.6 Å². The SMILES string of the molecule is c1ccc(-n2c(SCC3CSc4nnc(-c5cccnc5)n43)nc3ccccc32)cc1. The Kier molecular flexibility index (Phi) is 4.73. The highest BCUT2D eigenvalue weighted by Gasteiger charge is 2.29.